The monoisotopic (exact) mass is 383 g/mol. The molecule has 3 rings (SSSR count). The molecular formula is C20H25N5OS. The van der Waals surface area contributed by atoms with E-state index in [1.165, 1.54) is 0 Å². The lowest BCUT2D eigenvalue weighted by atomic mass is 10.1. The van der Waals surface area contributed by atoms with Crippen molar-refractivity contribution in [2.24, 2.45) is 7.05 Å². The molecule has 0 radical (unpaired) electrons. The van der Waals surface area contributed by atoms with Gasteiger partial charge in [0.05, 0.1) is 23.1 Å². The summed E-state index contributed by atoms with van der Waals surface area (Å²) in [4.78, 5) is 19.2. The summed E-state index contributed by atoms with van der Waals surface area (Å²) in [6.07, 6.45) is 1.84. The zero-order valence-corrected chi connectivity index (χ0v) is 17.2. The van der Waals surface area contributed by atoms with Gasteiger partial charge in [0.15, 0.2) is 0 Å². The van der Waals surface area contributed by atoms with Crippen LogP contribution in [0.25, 0.3) is 0 Å². The number of aryl methyl sites for hydroxylation is 2. The highest BCUT2D eigenvalue weighted by Gasteiger charge is 2.16. The molecular weight excluding hydrogens is 358 g/mol. The lowest BCUT2D eigenvalue weighted by molar-refractivity contribution is 0.102. The zero-order chi connectivity index (χ0) is 19.6. The maximum absolute atomic E-state index is 12.6. The molecule has 3 aromatic rings. The third-order valence-electron chi connectivity index (χ3n) is 4.87. The van der Waals surface area contributed by atoms with Crippen molar-refractivity contribution < 1.29 is 4.79 Å². The van der Waals surface area contributed by atoms with Gasteiger partial charge in [-0.25, -0.2) is 4.98 Å². The topological polar surface area (TPSA) is 63.1 Å². The Morgan fingerprint density at radius 1 is 1.30 bits per heavy atom. The largest absolute Gasteiger partial charge is 0.319 e. The molecule has 7 heteroatoms. The molecule has 1 unspecified atom stereocenters. The van der Waals surface area contributed by atoms with Crippen LogP contribution in [0.3, 0.4) is 0 Å². The maximum Gasteiger partial charge on any atom is 0.255 e. The number of nitrogens with one attached hydrogen (secondary N) is 1. The van der Waals surface area contributed by atoms with Crippen molar-refractivity contribution >= 4 is 22.9 Å². The molecule has 2 aromatic heterocycles. The average Bonchev–Trinajstić information content (AvgIpc) is 3.26. The summed E-state index contributed by atoms with van der Waals surface area (Å²) in [5, 5.41) is 10.4. The number of rotatable bonds is 6. The summed E-state index contributed by atoms with van der Waals surface area (Å²) >= 11 is 1.67. The van der Waals surface area contributed by atoms with E-state index in [2.05, 4.69) is 34.3 Å². The number of carbonyl (C=O) groups excluding carboxylic acids is 1. The number of aromatic nitrogens is 3. The van der Waals surface area contributed by atoms with Gasteiger partial charge in [-0.2, -0.15) is 5.10 Å². The van der Waals surface area contributed by atoms with Gasteiger partial charge in [-0.1, -0.05) is 12.1 Å². The summed E-state index contributed by atoms with van der Waals surface area (Å²) in [6.45, 7) is 6.78. The Morgan fingerprint density at radius 2 is 2.00 bits per heavy atom. The number of hydrogen-bond acceptors (Lipinski definition) is 5. The molecule has 0 bridgehead atoms. The molecule has 1 atom stereocenters. The molecule has 0 aliphatic heterocycles. The number of hydrogen-bond donors (Lipinski definition) is 1. The first-order valence-corrected chi connectivity index (χ1v) is 9.75. The second-order valence-electron chi connectivity index (χ2n) is 6.78. The smallest absolute Gasteiger partial charge is 0.255 e. The predicted octanol–water partition coefficient (Wildman–Crippen LogP) is 3.94. The fraction of sp³-hybridized carbons (Fsp3) is 0.350. The van der Waals surface area contributed by atoms with Gasteiger partial charge in [-0.15, -0.1) is 11.3 Å². The Morgan fingerprint density at radius 3 is 2.56 bits per heavy atom. The van der Waals surface area contributed by atoms with Crippen LogP contribution in [0, 0.1) is 13.8 Å². The van der Waals surface area contributed by atoms with E-state index >= 15 is 0 Å². The SMILES string of the molecule is Cc1nn(C)c(C)c1NC(=O)c1ccc(CN(C)C(C)c2nccs2)cc1. The van der Waals surface area contributed by atoms with E-state index in [-0.39, 0.29) is 11.9 Å². The van der Waals surface area contributed by atoms with Crippen molar-refractivity contribution in [3.8, 4) is 0 Å². The Balaban J connectivity index is 1.65. The lowest BCUT2D eigenvalue weighted by Gasteiger charge is -2.23. The van der Waals surface area contributed by atoms with Crippen LogP contribution >= 0.6 is 11.3 Å². The molecule has 0 saturated heterocycles. The van der Waals surface area contributed by atoms with Gasteiger partial charge in [0, 0.05) is 30.7 Å². The quantitative estimate of drug-likeness (QED) is 0.700. The minimum Gasteiger partial charge on any atom is -0.319 e. The highest BCUT2D eigenvalue weighted by atomic mass is 32.1. The Kier molecular flexibility index (Phi) is 5.72. The van der Waals surface area contributed by atoms with E-state index in [9.17, 15) is 4.79 Å². The van der Waals surface area contributed by atoms with Crippen LogP contribution in [0.15, 0.2) is 35.8 Å². The number of nitrogens with zero attached hydrogens (tertiary/aromatic N) is 4. The molecule has 6 nitrogen and oxygen atoms in total. The molecule has 2 heterocycles. The van der Waals surface area contributed by atoms with Crippen LogP contribution < -0.4 is 5.32 Å². The van der Waals surface area contributed by atoms with Crippen molar-refractivity contribution in [3.63, 3.8) is 0 Å². The van der Waals surface area contributed by atoms with Gasteiger partial charge in [-0.05, 0) is 45.5 Å². The first-order chi connectivity index (χ1) is 12.9. The standard InChI is InChI=1S/C20H25N5OS/c1-13-18(14(2)25(5)23-13)22-19(26)17-8-6-16(7-9-17)12-24(4)15(3)20-21-10-11-27-20/h6-11,15H,12H2,1-5H3,(H,22,26). The third-order valence-corrected chi connectivity index (χ3v) is 5.81. The van der Waals surface area contributed by atoms with E-state index in [4.69, 9.17) is 0 Å². The van der Waals surface area contributed by atoms with Gasteiger partial charge in [-0.3, -0.25) is 14.4 Å². The van der Waals surface area contributed by atoms with Gasteiger partial charge >= 0.3 is 0 Å². The van der Waals surface area contributed by atoms with Crippen LogP contribution in [-0.2, 0) is 13.6 Å². The van der Waals surface area contributed by atoms with E-state index in [1.807, 2.05) is 56.7 Å². The summed E-state index contributed by atoms with van der Waals surface area (Å²) in [5.41, 5.74) is 4.33. The van der Waals surface area contributed by atoms with Crippen molar-refractivity contribution in [2.45, 2.75) is 33.4 Å². The number of benzene rings is 1. The Hall–Kier alpha value is -2.51. The molecule has 0 fully saturated rings. The van der Waals surface area contributed by atoms with Crippen molar-refractivity contribution in [1.82, 2.24) is 19.7 Å². The van der Waals surface area contributed by atoms with Crippen molar-refractivity contribution in [3.05, 3.63) is 63.4 Å². The van der Waals surface area contributed by atoms with Crippen molar-refractivity contribution in [1.29, 1.82) is 0 Å². The summed E-state index contributed by atoms with van der Waals surface area (Å²) in [7, 11) is 3.95. The first kappa shape index (κ1) is 19.3. The number of thiazole rings is 1. The van der Waals surface area contributed by atoms with Crippen molar-refractivity contribution in [2.75, 3.05) is 12.4 Å². The summed E-state index contributed by atoms with van der Waals surface area (Å²) in [5.74, 6) is -0.120. The lowest BCUT2D eigenvalue weighted by Crippen LogP contribution is -2.21. The van der Waals surface area contributed by atoms with Crippen LogP contribution in [-0.4, -0.2) is 32.6 Å². The predicted molar refractivity (Wildman–Crippen MR) is 109 cm³/mol. The van der Waals surface area contributed by atoms with E-state index in [0.717, 1.165) is 34.2 Å². The Labute approximate surface area is 163 Å². The summed E-state index contributed by atoms with van der Waals surface area (Å²) < 4.78 is 1.77. The molecule has 1 N–H and O–H groups in total. The minimum atomic E-state index is -0.120. The molecule has 0 saturated carbocycles. The molecule has 0 spiro atoms. The van der Waals surface area contributed by atoms with Gasteiger partial charge in [0.25, 0.3) is 5.91 Å². The van der Waals surface area contributed by atoms with E-state index in [1.54, 1.807) is 16.0 Å². The Bertz CT molecular complexity index is 915. The molecule has 1 amide bonds. The molecule has 1 aromatic carbocycles. The van der Waals surface area contributed by atoms with Gasteiger partial charge in [0.1, 0.15) is 5.01 Å². The highest BCUT2D eigenvalue weighted by molar-refractivity contribution is 7.09. The maximum atomic E-state index is 12.6. The van der Waals surface area contributed by atoms with Gasteiger partial charge in [0.2, 0.25) is 0 Å². The molecule has 0 aliphatic rings. The van der Waals surface area contributed by atoms with Gasteiger partial charge < -0.3 is 5.32 Å². The van der Waals surface area contributed by atoms with Crippen LogP contribution in [0.5, 0.6) is 0 Å². The normalized spacial score (nSPS) is 12.4. The molecule has 27 heavy (non-hydrogen) atoms. The minimum absolute atomic E-state index is 0.120. The molecule has 0 aliphatic carbocycles. The number of carbonyl (C=O) groups is 1. The molecule has 142 valence electrons. The second kappa shape index (κ2) is 8.02. The summed E-state index contributed by atoms with van der Waals surface area (Å²) in [6, 6.07) is 8.00. The first-order valence-electron chi connectivity index (χ1n) is 8.87. The van der Waals surface area contributed by atoms with Crippen LogP contribution in [0.2, 0.25) is 0 Å². The fourth-order valence-electron chi connectivity index (χ4n) is 2.96. The van der Waals surface area contributed by atoms with E-state index < -0.39 is 0 Å². The zero-order valence-electron chi connectivity index (χ0n) is 16.4. The number of amides is 1. The highest BCUT2D eigenvalue weighted by Crippen LogP contribution is 2.23. The van der Waals surface area contributed by atoms with Crippen LogP contribution in [0.4, 0.5) is 5.69 Å². The third kappa shape index (κ3) is 4.26. The average molecular weight is 384 g/mol. The second-order valence-corrected chi connectivity index (χ2v) is 7.71. The number of anilines is 1. The fourth-order valence-corrected chi connectivity index (χ4v) is 3.72. The van der Waals surface area contributed by atoms with Crippen LogP contribution in [0.1, 0.15) is 45.3 Å². The van der Waals surface area contributed by atoms with E-state index in [0.29, 0.717) is 5.56 Å².